The monoisotopic (exact) mass is 1360 g/mol. The molecule has 0 fully saturated rings. The largest absolute Gasteiger partial charge is 0.462 e. The summed E-state index contributed by atoms with van der Waals surface area (Å²) in [5.74, 6) is -10.9. The highest BCUT2D eigenvalue weighted by atomic mass is 127. The van der Waals surface area contributed by atoms with Crippen molar-refractivity contribution in [3.8, 4) is 0 Å². The number of ether oxygens (including phenoxy) is 2. The van der Waals surface area contributed by atoms with Gasteiger partial charge in [-0.1, -0.05) is 203 Å². The van der Waals surface area contributed by atoms with Crippen molar-refractivity contribution in [2.45, 2.75) is 88.9 Å². The van der Waals surface area contributed by atoms with Crippen LogP contribution >= 0.6 is 45.2 Å². The molecule has 10 nitrogen and oxygen atoms in total. The molecule has 0 N–H and O–H groups in total. The maximum Gasteiger partial charge on any atom is 0.376 e. The first-order valence-corrected chi connectivity index (χ1v) is 32.0. The maximum absolute atomic E-state index is 15.6. The summed E-state index contributed by atoms with van der Waals surface area (Å²) in [6.07, 6.45) is -0.968. The smallest absolute Gasteiger partial charge is 0.376 e. The van der Waals surface area contributed by atoms with Gasteiger partial charge in [0.25, 0.3) is 20.0 Å². The number of anilines is 2. The molecule has 2 aliphatic heterocycles. The van der Waals surface area contributed by atoms with Gasteiger partial charge >= 0.3 is 23.8 Å². The average molecular weight is 1360 g/mol. The van der Waals surface area contributed by atoms with E-state index in [2.05, 4.69) is 45.2 Å². The lowest BCUT2D eigenvalue weighted by atomic mass is 9.72. The number of esters is 2. The van der Waals surface area contributed by atoms with Crippen LogP contribution in [0.1, 0.15) is 86.8 Å². The number of hydrogen-bond donors (Lipinski definition) is 0. The molecule has 2 aliphatic rings. The van der Waals surface area contributed by atoms with Crippen LogP contribution < -0.4 is 8.61 Å². The Balaban J connectivity index is 0.000000231. The zero-order chi connectivity index (χ0) is 58.3. The molecule has 424 valence electrons. The Morgan fingerprint density at radius 1 is 0.512 bits per heavy atom. The molecule has 0 aliphatic carbocycles. The fourth-order valence-electron chi connectivity index (χ4n) is 10.7. The van der Waals surface area contributed by atoms with Crippen LogP contribution in [-0.4, -0.2) is 75.8 Å². The van der Waals surface area contributed by atoms with Crippen molar-refractivity contribution in [2.75, 3.05) is 43.8 Å². The van der Waals surface area contributed by atoms with E-state index < -0.39 is 67.5 Å². The summed E-state index contributed by atoms with van der Waals surface area (Å²) < 4.78 is 132. The third-order valence-corrected chi connectivity index (χ3v) is 19.0. The van der Waals surface area contributed by atoms with E-state index >= 15 is 17.6 Å². The minimum Gasteiger partial charge on any atom is -0.462 e. The number of rotatable bonds is 18. The van der Waals surface area contributed by atoms with Gasteiger partial charge in [0.15, 0.2) is 0 Å². The number of nitrogens with zero attached hydrogens (tertiary/aromatic N) is 2. The normalized spacial score (nSPS) is 17.8. The Morgan fingerprint density at radius 3 is 1.14 bits per heavy atom. The van der Waals surface area contributed by atoms with Gasteiger partial charge in [0.2, 0.25) is 0 Å². The molecule has 0 spiro atoms. The van der Waals surface area contributed by atoms with Crippen molar-refractivity contribution in [1.29, 1.82) is 0 Å². The van der Waals surface area contributed by atoms with E-state index in [1.807, 2.05) is 98.8 Å². The summed E-state index contributed by atoms with van der Waals surface area (Å²) in [6, 6.07) is 45.9. The first-order valence-electron chi connectivity index (χ1n) is 26.1. The van der Waals surface area contributed by atoms with E-state index in [-0.39, 0.29) is 36.1 Å². The number of sulfonamides is 2. The summed E-state index contributed by atoms with van der Waals surface area (Å²) in [5.41, 5.74) is 5.33. The highest BCUT2D eigenvalue weighted by Gasteiger charge is 2.53. The van der Waals surface area contributed by atoms with Crippen molar-refractivity contribution < 1.29 is 53.5 Å². The highest BCUT2D eigenvalue weighted by molar-refractivity contribution is 14.1. The summed E-state index contributed by atoms with van der Waals surface area (Å²) in [5, 5.41) is 0. The van der Waals surface area contributed by atoms with Gasteiger partial charge in [-0.2, -0.15) is 17.6 Å². The predicted molar refractivity (Wildman–Crippen MR) is 325 cm³/mol. The van der Waals surface area contributed by atoms with Gasteiger partial charge in [-0.3, -0.25) is 8.61 Å². The van der Waals surface area contributed by atoms with Gasteiger partial charge in [0.05, 0.1) is 34.4 Å². The number of fused-ring (bicyclic) bond motifs is 2. The van der Waals surface area contributed by atoms with Crippen LogP contribution in [0.15, 0.2) is 179 Å². The highest BCUT2D eigenvalue weighted by Crippen LogP contribution is 2.53. The SMILES string of the molecule is CCOC(=O)C(F)(F)C[C@]1(C)CN(S(=O)(=O)c2ccc(C)cc2)c2ccccc2C(c2ccccc2)=C1CCI.CCOC(=O)C(F)(F)C[C@]1(C)CN(S(=O)(=O)c2ccc(C)cc2)c2ccccc2C(c2ccccc2)=C1CCI. The Morgan fingerprint density at radius 2 is 0.825 bits per heavy atom. The van der Waals surface area contributed by atoms with E-state index in [1.54, 1.807) is 62.4 Å². The molecule has 0 unspecified atom stereocenters. The lowest BCUT2D eigenvalue weighted by Crippen LogP contribution is -2.45. The summed E-state index contributed by atoms with van der Waals surface area (Å²) >= 11 is 4.40. The quantitative estimate of drug-likeness (QED) is 0.0360. The van der Waals surface area contributed by atoms with Crippen LogP contribution in [0, 0.1) is 24.7 Å². The number of alkyl halides is 6. The molecule has 0 aromatic heterocycles. The van der Waals surface area contributed by atoms with Gasteiger partial charge in [0.1, 0.15) is 0 Å². The number of carbonyl (C=O) groups is 2. The number of aryl methyl sites for hydroxylation is 2. The van der Waals surface area contributed by atoms with E-state index in [1.165, 1.54) is 46.7 Å². The molecule has 0 radical (unpaired) electrons. The number of benzene rings is 6. The number of para-hydroxylation sites is 2. The van der Waals surface area contributed by atoms with Gasteiger partial charge < -0.3 is 9.47 Å². The molecule has 80 heavy (non-hydrogen) atoms. The molecule has 6 aromatic carbocycles. The maximum atomic E-state index is 15.6. The van der Waals surface area contributed by atoms with Crippen LogP contribution in [0.25, 0.3) is 11.1 Å². The fourth-order valence-corrected chi connectivity index (χ4v) is 15.0. The molecule has 0 amide bonds. The third kappa shape index (κ3) is 13.3. The van der Waals surface area contributed by atoms with E-state index in [0.29, 0.717) is 66.5 Å². The molecule has 0 saturated heterocycles. The Kier molecular flexibility index (Phi) is 19.9. The van der Waals surface area contributed by atoms with Crippen LogP contribution in [0.2, 0.25) is 0 Å². The van der Waals surface area contributed by atoms with Crippen molar-refractivity contribution in [2.24, 2.45) is 10.8 Å². The second kappa shape index (κ2) is 25.7. The fraction of sp³-hybridized carbons (Fsp3) is 0.323. The van der Waals surface area contributed by atoms with E-state index in [0.717, 1.165) is 22.3 Å². The van der Waals surface area contributed by atoms with Gasteiger partial charge in [-0.05, 0) is 99.2 Å². The molecule has 0 bridgehead atoms. The van der Waals surface area contributed by atoms with Crippen LogP contribution in [0.3, 0.4) is 0 Å². The standard InChI is InChI=1S/2C31H32F2INO4S/c2*1-4-39-29(36)31(32,33)20-30(3)21-35(40(37,38)24-16-14-22(2)15-17-24)27-13-9-8-12-25(27)28(26(30)18-19-34)23-10-6-5-7-11-23/h2*5-17H,4,18-21H2,1-3H3/t2*30-/m11/s1. The van der Waals surface area contributed by atoms with Crippen LogP contribution in [0.5, 0.6) is 0 Å². The topological polar surface area (TPSA) is 127 Å². The van der Waals surface area contributed by atoms with Crippen molar-refractivity contribution in [3.63, 3.8) is 0 Å². The molecule has 0 saturated carbocycles. The van der Waals surface area contributed by atoms with Crippen molar-refractivity contribution in [1.82, 2.24) is 0 Å². The Bertz CT molecular complexity index is 3250. The molecule has 18 heteroatoms. The third-order valence-electron chi connectivity index (χ3n) is 14.3. The molecule has 8 rings (SSSR count). The molecule has 2 atom stereocenters. The first kappa shape index (κ1) is 62.0. The van der Waals surface area contributed by atoms with Gasteiger partial charge in [-0.15, -0.1) is 0 Å². The molecule has 6 aromatic rings. The number of carbonyl (C=O) groups excluding carboxylic acids is 2. The van der Waals surface area contributed by atoms with Crippen LogP contribution in [-0.2, 0) is 39.1 Å². The summed E-state index contributed by atoms with van der Waals surface area (Å²) in [6.45, 7) is 9.01. The summed E-state index contributed by atoms with van der Waals surface area (Å²) in [7, 11) is -8.35. The molecular weight excluding hydrogens is 1290 g/mol. The minimum atomic E-state index is -4.17. The number of halogens is 6. The molecular formula is C62H64F4I2N2O8S2. The second-order valence-corrected chi connectivity index (χ2v) is 26.2. The lowest BCUT2D eigenvalue weighted by molar-refractivity contribution is -0.175. The zero-order valence-corrected chi connectivity index (χ0v) is 51.3. The predicted octanol–water partition coefficient (Wildman–Crippen LogP) is 14.9. The lowest BCUT2D eigenvalue weighted by Gasteiger charge is -2.38. The van der Waals surface area contributed by atoms with E-state index in [4.69, 9.17) is 9.47 Å². The Labute approximate surface area is 495 Å². The zero-order valence-electron chi connectivity index (χ0n) is 45.3. The van der Waals surface area contributed by atoms with E-state index in [9.17, 15) is 26.4 Å². The average Bonchev–Trinajstić information content (AvgIpc) is 3.60. The van der Waals surface area contributed by atoms with Gasteiger partial charge in [0, 0.05) is 56.7 Å². The van der Waals surface area contributed by atoms with Crippen LogP contribution in [0.4, 0.5) is 28.9 Å². The Hall–Kier alpha value is -5.58. The van der Waals surface area contributed by atoms with Crippen molar-refractivity contribution >= 4 is 99.7 Å². The summed E-state index contributed by atoms with van der Waals surface area (Å²) in [4.78, 5) is 24.9. The van der Waals surface area contributed by atoms with Gasteiger partial charge in [-0.25, -0.2) is 26.4 Å². The van der Waals surface area contributed by atoms with Crippen molar-refractivity contribution in [3.05, 3.63) is 202 Å². The first-order chi connectivity index (χ1) is 37.9. The second-order valence-electron chi connectivity index (χ2n) is 20.3. The molecule has 2 heterocycles. The minimum absolute atomic E-state index is 0.0611. The number of hydrogen-bond acceptors (Lipinski definition) is 8.